The average molecular weight is 833 g/mol. The second-order valence-corrected chi connectivity index (χ2v) is 14.6. The van der Waals surface area contributed by atoms with Crippen LogP contribution in [0.2, 0.25) is 0 Å². The first-order valence-electron chi connectivity index (χ1n) is 18.3. The lowest BCUT2D eigenvalue weighted by Crippen LogP contribution is -2.35. The fourth-order valence-electron chi connectivity index (χ4n) is 7.87. The maximum Gasteiger partial charge on any atom is 0.338 e. The van der Waals surface area contributed by atoms with E-state index >= 15 is 0 Å². The molecule has 7 aromatic rings. The summed E-state index contributed by atoms with van der Waals surface area (Å²) in [5.41, 5.74) is -0.884. The van der Waals surface area contributed by atoms with Gasteiger partial charge in [-0.2, -0.15) is 0 Å². The monoisotopic (exact) mass is 832 g/mol. The van der Waals surface area contributed by atoms with E-state index in [1.54, 1.807) is 24.3 Å². The summed E-state index contributed by atoms with van der Waals surface area (Å²) in [7, 11) is 0. The normalized spacial score (nSPS) is 18.2. The van der Waals surface area contributed by atoms with Gasteiger partial charge in [0.15, 0.2) is 46.7 Å². The summed E-state index contributed by atoms with van der Waals surface area (Å²) < 4.78 is 18.3. The molecule has 61 heavy (non-hydrogen) atoms. The Hall–Kier alpha value is -8.25. The minimum Gasteiger partial charge on any atom is -0.508 e. The molecule has 1 aromatic heterocycles. The summed E-state index contributed by atoms with van der Waals surface area (Å²) in [6, 6.07) is 15.0. The fourth-order valence-corrected chi connectivity index (χ4v) is 7.87. The standard InChI is InChI=1S/C43H32N2O16/c46-16-7-25(48)18-12-30(53)41(59-31(18)9-16)20-11-24-36(45-23-4-2-1-3-22(23)44-24)39(56)34(20)35-21(13-29(52)38(55)40(35)57)42-33(14-19-26(49)8-17(47)10-32(19)60-42)61-43(58)15-5-27(50)37(54)28(51)6-15/h1-11,13,30,33,41-42,46-57H,12,14H2/t30-,33-,41-,42-/m1/s1. The predicted octanol–water partition coefficient (Wildman–Crippen LogP) is 5.15. The molecule has 0 aliphatic carbocycles. The number of benzene rings is 6. The molecule has 4 atom stereocenters. The average Bonchev–Trinajstić information content (AvgIpc) is 3.21. The van der Waals surface area contributed by atoms with Gasteiger partial charge in [-0.15, -0.1) is 0 Å². The Morgan fingerprint density at radius 1 is 0.557 bits per heavy atom. The number of esters is 1. The van der Waals surface area contributed by atoms with Crippen molar-refractivity contribution in [3.63, 3.8) is 0 Å². The number of aliphatic hydroxyl groups is 1. The molecular formula is C43H32N2O16. The second-order valence-electron chi connectivity index (χ2n) is 14.6. The molecule has 12 N–H and O–H groups in total. The highest BCUT2D eigenvalue weighted by Gasteiger charge is 2.42. The number of nitrogens with zero attached hydrogens (tertiary/aromatic N) is 2. The van der Waals surface area contributed by atoms with Gasteiger partial charge in [-0.25, -0.2) is 14.8 Å². The number of carbonyl (C=O) groups is 1. The molecular weight excluding hydrogens is 800 g/mol. The van der Waals surface area contributed by atoms with Crippen LogP contribution in [0.3, 0.4) is 0 Å². The molecule has 0 amide bonds. The van der Waals surface area contributed by atoms with Crippen LogP contribution in [0.4, 0.5) is 0 Å². The number of carbonyl (C=O) groups excluding carboxylic acids is 1. The van der Waals surface area contributed by atoms with Crippen molar-refractivity contribution in [3.8, 4) is 85.9 Å². The van der Waals surface area contributed by atoms with Crippen molar-refractivity contribution < 1.29 is 80.3 Å². The summed E-state index contributed by atoms with van der Waals surface area (Å²) in [4.78, 5) is 23.0. The van der Waals surface area contributed by atoms with Crippen LogP contribution in [0.5, 0.6) is 74.7 Å². The summed E-state index contributed by atoms with van der Waals surface area (Å²) in [6.45, 7) is 0. The lowest BCUT2D eigenvalue weighted by atomic mass is 9.83. The molecule has 18 heteroatoms. The smallest absolute Gasteiger partial charge is 0.338 e. The van der Waals surface area contributed by atoms with E-state index in [0.29, 0.717) is 11.0 Å². The Balaban J connectivity index is 1.30. The first-order valence-corrected chi connectivity index (χ1v) is 18.3. The minimum atomic E-state index is -1.68. The van der Waals surface area contributed by atoms with E-state index in [4.69, 9.17) is 14.2 Å². The number of ether oxygens (including phenoxy) is 3. The number of para-hydroxylation sites is 2. The van der Waals surface area contributed by atoms with E-state index in [1.807, 2.05) is 0 Å². The summed E-state index contributed by atoms with van der Waals surface area (Å²) >= 11 is 0. The largest absolute Gasteiger partial charge is 0.508 e. The van der Waals surface area contributed by atoms with E-state index in [2.05, 4.69) is 9.97 Å². The molecule has 0 bridgehead atoms. The predicted molar refractivity (Wildman–Crippen MR) is 209 cm³/mol. The molecule has 2 aliphatic heterocycles. The highest BCUT2D eigenvalue weighted by atomic mass is 16.6. The maximum absolute atomic E-state index is 13.7. The highest BCUT2D eigenvalue weighted by molar-refractivity contribution is 5.98. The SMILES string of the molecule is O=C(O[C@@H]1Cc2c(O)cc(O)cc2O[C@@H]1c1cc(O)c(O)c(O)c1-c1c([C@H]2Oc3cc(O)cc(O)c3C[C@H]2O)cc2nc3ccccc3nc2c1O)c1cc(O)c(O)c(O)c1. The minimum absolute atomic E-state index is 0.0253. The third-order valence-electron chi connectivity index (χ3n) is 10.7. The first kappa shape index (κ1) is 38.3. The van der Waals surface area contributed by atoms with E-state index in [0.717, 1.165) is 36.4 Å². The van der Waals surface area contributed by atoms with Crippen molar-refractivity contribution in [1.82, 2.24) is 9.97 Å². The van der Waals surface area contributed by atoms with Crippen LogP contribution in [-0.2, 0) is 17.6 Å². The lowest BCUT2D eigenvalue weighted by Gasteiger charge is -2.36. The number of aromatic nitrogens is 2. The van der Waals surface area contributed by atoms with Crippen molar-refractivity contribution in [2.75, 3.05) is 0 Å². The van der Waals surface area contributed by atoms with Gasteiger partial charge in [0, 0.05) is 70.5 Å². The lowest BCUT2D eigenvalue weighted by molar-refractivity contribution is -0.0188. The van der Waals surface area contributed by atoms with Crippen molar-refractivity contribution in [2.24, 2.45) is 0 Å². The van der Waals surface area contributed by atoms with Crippen molar-refractivity contribution in [3.05, 3.63) is 101 Å². The van der Waals surface area contributed by atoms with E-state index in [-0.39, 0.29) is 68.3 Å². The molecule has 310 valence electrons. The van der Waals surface area contributed by atoms with Crippen molar-refractivity contribution >= 4 is 28.0 Å². The van der Waals surface area contributed by atoms with Crippen LogP contribution in [0, 0.1) is 0 Å². The van der Waals surface area contributed by atoms with Gasteiger partial charge < -0.3 is 75.5 Å². The van der Waals surface area contributed by atoms with E-state index < -0.39 is 99.7 Å². The summed E-state index contributed by atoms with van der Waals surface area (Å²) in [5.74, 6) is -9.51. The van der Waals surface area contributed by atoms with Gasteiger partial charge in [0.1, 0.15) is 46.1 Å². The number of fused-ring (bicyclic) bond motifs is 4. The number of hydrogen-bond donors (Lipinski definition) is 12. The van der Waals surface area contributed by atoms with Crippen molar-refractivity contribution in [2.45, 2.75) is 37.3 Å². The Bertz CT molecular complexity index is 2990. The maximum atomic E-state index is 13.7. The quantitative estimate of drug-likeness (QED) is 0.0606. The first-order chi connectivity index (χ1) is 29.1. The van der Waals surface area contributed by atoms with E-state index in [1.165, 1.54) is 12.1 Å². The van der Waals surface area contributed by atoms with Crippen molar-refractivity contribution in [1.29, 1.82) is 0 Å². The highest BCUT2D eigenvalue weighted by Crippen LogP contribution is 2.56. The van der Waals surface area contributed by atoms with Crippen LogP contribution in [0.25, 0.3) is 33.2 Å². The topological polar surface area (TPSA) is 313 Å². The van der Waals surface area contributed by atoms with Crippen LogP contribution >= 0.6 is 0 Å². The molecule has 0 fully saturated rings. The second kappa shape index (κ2) is 13.9. The third kappa shape index (κ3) is 6.29. The van der Waals surface area contributed by atoms with Crippen LogP contribution in [0.1, 0.15) is 44.8 Å². The molecule has 6 aromatic carbocycles. The van der Waals surface area contributed by atoms with Crippen LogP contribution in [0.15, 0.2) is 72.8 Å². The molecule has 3 heterocycles. The summed E-state index contributed by atoms with van der Waals surface area (Å²) in [5, 5.41) is 130. The molecule has 2 aliphatic rings. The zero-order valence-electron chi connectivity index (χ0n) is 31.0. The molecule has 0 spiro atoms. The number of aromatic hydroxyl groups is 11. The van der Waals surface area contributed by atoms with Crippen LogP contribution < -0.4 is 9.47 Å². The van der Waals surface area contributed by atoms with Gasteiger partial charge in [0.05, 0.1) is 28.2 Å². The van der Waals surface area contributed by atoms with Gasteiger partial charge in [-0.1, -0.05) is 12.1 Å². The number of hydrogen-bond acceptors (Lipinski definition) is 18. The Labute approximate surface area is 341 Å². The third-order valence-corrected chi connectivity index (χ3v) is 10.7. The number of phenols is 11. The number of aliphatic hydroxyl groups excluding tert-OH is 1. The Morgan fingerprint density at radius 2 is 1.10 bits per heavy atom. The summed E-state index contributed by atoms with van der Waals surface area (Å²) in [6.07, 6.45) is -6.87. The number of phenolic OH excluding ortho intramolecular Hbond substituents is 11. The van der Waals surface area contributed by atoms with Gasteiger partial charge in [0.2, 0.25) is 5.75 Å². The van der Waals surface area contributed by atoms with Gasteiger partial charge in [-0.3, -0.25) is 0 Å². The zero-order chi connectivity index (χ0) is 43.2. The molecule has 0 radical (unpaired) electrons. The fraction of sp³-hybridized carbons (Fsp3) is 0.140. The van der Waals surface area contributed by atoms with Gasteiger partial charge >= 0.3 is 5.97 Å². The van der Waals surface area contributed by atoms with Crippen LogP contribution in [-0.4, -0.2) is 89.4 Å². The zero-order valence-corrected chi connectivity index (χ0v) is 31.0. The Kier molecular flexibility index (Phi) is 8.75. The molecule has 9 rings (SSSR count). The Morgan fingerprint density at radius 3 is 1.74 bits per heavy atom. The molecule has 0 saturated carbocycles. The number of rotatable bonds is 5. The van der Waals surface area contributed by atoms with Gasteiger partial charge in [0.25, 0.3) is 0 Å². The molecule has 0 unspecified atom stereocenters. The van der Waals surface area contributed by atoms with Gasteiger partial charge in [-0.05, 0) is 36.4 Å². The molecule has 18 nitrogen and oxygen atoms in total. The van der Waals surface area contributed by atoms with E-state index in [9.17, 15) is 66.1 Å². The molecule has 0 saturated heterocycles.